The molecule has 114 valence electrons. The topological polar surface area (TPSA) is 32.5 Å². The number of rotatable bonds is 7. The summed E-state index contributed by atoms with van der Waals surface area (Å²) >= 11 is 0. The van der Waals surface area contributed by atoms with Crippen LogP contribution in [0.4, 0.5) is 0 Å². The number of nitrogens with two attached hydrogens (primary N) is 1. The lowest BCUT2D eigenvalue weighted by atomic mass is 9.90. The average Bonchev–Trinajstić information content (AvgIpc) is 2.60. The molecule has 0 radical (unpaired) electrons. The summed E-state index contributed by atoms with van der Waals surface area (Å²) in [6.45, 7) is 11.4. The van der Waals surface area contributed by atoms with Crippen molar-refractivity contribution in [2.45, 2.75) is 70.9 Å². The van der Waals surface area contributed by atoms with E-state index < -0.39 is 0 Å². The van der Waals surface area contributed by atoms with Crippen LogP contribution in [-0.4, -0.2) is 54.6 Å². The lowest BCUT2D eigenvalue weighted by Gasteiger charge is -2.45. The Hall–Kier alpha value is -0.120. The smallest absolute Gasteiger partial charge is 0.0307 e. The Bertz CT molecular complexity index is 244. The molecule has 1 fully saturated rings. The van der Waals surface area contributed by atoms with Crippen molar-refractivity contribution in [1.29, 1.82) is 0 Å². The molecule has 0 aromatic rings. The van der Waals surface area contributed by atoms with Crippen molar-refractivity contribution in [2.75, 3.05) is 33.2 Å². The SMILES string of the molecule is CCCCCC(C)(CN)N1CCCN(C)CC1CC. The average molecular weight is 269 g/mol. The second-order valence-electron chi connectivity index (χ2n) is 6.53. The Morgan fingerprint density at radius 1 is 1.21 bits per heavy atom. The van der Waals surface area contributed by atoms with E-state index in [1.807, 2.05) is 0 Å². The van der Waals surface area contributed by atoms with E-state index in [9.17, 15) is 0 Å². The highest BCUT2D eigenvalue weighted by Crippen LogP contribution is 2.27. The standard InChI is InChI=1S/C16H35N3/c1-5-7-8-10-16(3,14-17)19-12-9-11-18(4)13-15(19)6-2/h15H,5-14,17H2,1-4H3. The summed E-state index contributed by atoms with van der Waals surface area (Å²) in [5.74, 6) is 0. The molecule has 1 aliphatic rings. The molecule has 0 spiro atoms. The summed E-state index contributed by atoms with van der Waals surface area (Å²) in [5, 5.41) is 0. The lowest BCUT2D eigenvalue weighted by molar-refractivity contribution is 0.0514. The number of nitrogens with zero attached hydrogens (tertiary/aromatic N) is 2. The van der Waals surface area contributed by atoms with Gasteiger partial charge in [0.1, 0.15) is 0 Å². The number of hydrogen-bond acceptors (Lipinski definition) is 3. The highest BCUT2D eigenvalue weighted by Gasteiger charge is 2.35. The fourth-order valence-electron chi connectivity index (χ4n) is 3.42. The van der Waals surface area contributed by atoms with Crippen molar-refractivity contribution < 1.29 is 0 Å². The molecule has 3 heteroatoms. The van der Waals surface area contributed by atoms with Crippen molar-refractivity contribution >= 4 is 0 Å². The summed E-state index contributed by atoms with van der Waals surface area (Å²) in [5.41, 5.74) is 6.36. The Labute approximate surface area is 120 Å². The van der Waals surface area contributed by atoms with E-state index in [0.29, 0.717) is 6.04 Å². The van der Waals surface area contributed by atoms with Crippen molar-refractivity contribution in [2.24, 2.45) is 5.73 Å². The molecule has 0 aromatic heterocycles. The monoisotopic (exact) mass is 269 g/mol. The molecule has 19 heavy (non-hydrogen) atoms. The molecule has 0 bridgehead atoms. The van der Waals surface area contributed by atoms with Crippen LogP contribution in [0.15, 0.2) is 0 Å². The molecule has 1 heterocycles. The fourth-order valence-corrected chi connectivity index (χ4v) is 3.42. The summed E-state index contributed by atoms with van der Waals surface area (Å²) in [4.78, 5) is 5.21. The molecule has 0 amide bonds. The highest BCUT2D eigenvalue weighted by atomic mass is 15.3. The van der Waals surface area contributed by atoms with Crippen LogP contribution in [0.25, 0.3) is 0 Å². The van der Waals surface area contributed by atoms with E-state index in [1.165, 1.54) is 58.2 Å². The zero-order chi connectivity index (χ0) is 14.3. The van der Waals surface area contributed by atoms with Crippen molar-refractivity contribution in [3.05, 3.63) is 0 Å². The predicted molar refractivity (Wildman–Crippen MR) is 84.5 cm³/mol. The largest absolute Gasteiger partial charge is 0.329 e. The molecule has 0 aliphatic carbocycles. The molecular weight excluding hydrogens is 234 g/mol. The van der Waals surface area contributed by atoms with Gasteiger partial charge in [-0.1, -0.05) is 33.1 Å². The van der Waals surface area contributed by atoms with Gasteiger partial charge in [-0.05, 0) is 39.8 Å². The van der Waals surface area contributed by atoms with E-state index in [-0.39, 0.29) is 5.54 Å². The summed E-state index contributed by atoms with van der Waals surface area (Å²) in [7, 11) is 2.25. The zero-order valence-electron chi connectivity index (χ0n) is 13.6. The molecule has 2 N–H and O–H groups in total. The van der Waals surface area contributed by atoms with E-state index in [4.69, 9.17) is 5.73 Å². The Morgan fingerprint density at radius 3 is 2.53 bits per heavy atom. The maximum atomic E-state index is 6.17. The molecule has 3 nitrogen and oxygen atoms in total. The van der Waals surface area contributed by atoms with Gasteiger partial charge in [-0.2, -0.15) is 0 Å². The van der Waals surface area contributed by atoms with Gasteiger partial charge in [-0.15, -0.1) is 0 Å². The van der Waals surface area contributed by atoms with Crippen LogP contribution in [0.1, 0.15) is 59.3 Å². The fraction of sp³-hybridized carbons (Fsp3) is 1.00. The lowest BCUT2D eigenvalue weighted by Crippen LogP contribution is -2.57. The zero-order valence-corrected chi connectivity index (χ0v) is 13.6. The van der Waals surface area contributed by atoms with Gasteiger partial charge in [-0.3, -0.25) is 4.90 Å². The van der Waals surface area contributed by atoms with Gasteiger partial charge in [0.25, 0.3) is 0 Å². The molecular formula is C16H35N3. The van der Waals surface area contributed by atoms with E-state index in [2.05, 4.69) is 37.6 Å². The summed E-state index contributed by atoms with van der Waals surface area (Å²) < 4.78 is 0. The number of likely N-dealkylation sites (N-methyl/N-ethyl adjacent to an activating group) is 1. The summed E-state index contributed by atoms with van der Waals surface area (Å²) in [6, 6.07) is 0.669. The van der Waals surface area contributed by atoms with Gasteiger partial charge >= 0.3 is 0 Å². The van der Waals surface area contributed by atoms with Gasteiger partial charge in [-0.25, -0.2) is 0 Å². The summed E-state index contributed by atoms with van der Waals surface area (Å²) in [6.07, 6.45) is 7.69. The first-order valence-electron chi connectivity index (χ1n) is 8.22. The van der Waals surface area contributed by atoms with Gasteiger partial charge in [0, 0.05) is 31.2 Å². The van der Waals surface area contributed by atoms with Crippen LogP contribution in [0, 0.1) is 0 Å². The Kier molecular flexibility index (Phi) is 7.33. The van der Waals surface area contributed by atoms with Gasteiger partial charge < -0.3 is 10.6 Å². The van der Waals surface area contributed by atoms with Crippen LogP contribution in [-0.2, 0) is 0 Å². The van der Waals surface area contributed by atoms with Crippen molar-refractivity contribution in [1.82, 2.24) is 9.80 Å². The van der Waals surface area contributed by atoms with Crippen LogP contribution in [0.5, 0.6) is 0 Å². The molecule has 1 aliphatic heterocycles. The van der Waals surface area contributed by atoms with Crippen LogP contribution in [0.3, 0.4) is 0 Å². The molecule has 2 atom stereocenters. The predicted octanol–water partition coefficient (Wildman–Crippen LogP) is 2.70. The number of hydrogen-bond donors (Lipinski definition) is 1. The quantitative estimate of drug-likeness (QED) is 0.721. The molecule has 0 saturated carbocycles. The minimum absolute atomic E-state index is 0.195. The van der Waals surface area contributed by atoms with Gasteiger partial charge in [0.05, 0.1) is 0 Å². The minimum atomic E-state index is 0.195. The van der Waals surface area contributed by atoms with Crippen molar-refractivity contribution in [3.63, 3.8) is 0 Å². The molecule has 1 rings (SSSR count). The van der Waals surface area contributed by atoms with E-state index in [0.717, 1.165) is 6.54 Å². The third-order valence-electron chi connectivity index (χ3n) is 4.83. The van der Waals surface area contributed by atoms with Gasteiger partial charge in [0.15, 0.2) is 0 Å². The number of unbranched alkanes of at least 4 members (excludes halogenated alkanes) is 2. The van der Waals surface area contributed by atoms with Gasteiger partial charge in [0.2, 0.25) is 0 Å². The highest BCUT2D eigenvalue weighted by molar-refractivity contribution is 4.93. The van der Waals surface area contributed by atoms with E-state index >= 15 is 0 Å². The van der Waals surface area contributed by atoms with Crippen molar-refractivity contribution in [3.8, 4) is 0 Å². The minimum Gasteiger partial charge on any atom is -0.329 e. The first kappa shape index (κ1) is 16.9. The Balaban J connectivity index is 2.74. The maximum absolute atomic E-state index is 6.17. The third-order valence-corrected chi connectivity index (χ3v) is 4.83. The molecule has 1 saturated heterocycles. The van der Waals surface area contributed by atoms with Crippen LogP contribution < -0.4 is 5.73 Å². The first-order valence-corrected chi connectivity index (χ1v) is 8.22. The van der Waals surface area contributed by atoms with Crippen LogP contribution in [0.2, 0.25) is 0 Å². The normalized spacial score (nSPS) is 26.1. The maximum Gasteiger partial charge on any atom is 0.0307 e. The third kappa shape index (κ3) is 4.73. The Morgan fingerprint density at radius 2 is 1.95 bits per heavy atom. The second-order valence-corrected chi connectivity index (χ2v) is 6.53. The molecule has 2 unspecified atom stereocenters. The second kappa shape index (κ2) is 8.23. The van der Waals surface area contributed by atoms with E-state index in [1.54, 1.807) is 0 Å². The first-order chi connectivity index (χ1) is 9.07. The molecule has 0 aromatic carbocycles. The van der Waals surface area contributed by atoms with Crippen LogP contribution >= 0.6 is 0 Å².